The van der Waals surface area contributed by atoms with E-state index in [9.17, 15) is 4.79 Å². The molecule has 0 saturated heterocycles. The average molecular weight is 356 g/mol. The Balaban J connectivity index is 1.59. The molecular formula is C18H18ClN5O. The van der Waals surface area contributed by atoms with Gasteiger partial charge in [0.25, 0.3) is 5.56 Å². The van der Waals surface area contributed by atoms with E-state index in [1.807, 2.05) is 25.3 Å². The second-order valence-corrected chi connectivity index (χ2v) is 6.76. The van der Waals surface area contributed by atoms with Crippen molar-refractivity contribution in [2.75, 3.05) is 6.54 Å². The van der Waals surface area contributed by atoms with Crippen LogP contribution < -0.4 is 5.56 Å². The highest BCUT2D eigenvalue weighted by Gasteiger charge is 2.22. The fourth-order valence-electron chi connectivity index (χ4n) is 3.12. The molecule has 1 aromatic carbocycles. The molecule has 0 spiro atoms. The number of nitrogens with zero attached hydrogens (tertiary/aromatic N) is 3. The van der Waals surface area contributed by atoms with Gasteiger partial charge in [0, 0.05) is 42.0 Å². The summed E-state index contributed by atoms with van der Waals surface area (Å²) in [5.74, 6) is 1.51. The lowest BCUT2D eigenvalue weighted by atomic mass is 10.1. The van der Waals surface area contributed by atoms with Crippen LogP contribution in [-0.2, 0) is 19.5 Å². The number of H-pyrrole nitrogens is 2. The van der Waals surface area contributed by atoms with Gasteiger partial charge < -0.3 is 9.97 Å². The second kappa shape index (κ2) is 6.46. The van der Waals surface area contributed by atoms with Crippen LogP contribution in [0.25, 0.3) is 11.4 Å². The van der Waals surface area contributed by atoms with Crippen molar-refractivity contribution in [1.29, 1.82) is 0 Å². The minimum atomic E-state index is -0.0738. The van der Waals surface area contributed by atoms with Gasteiger partial charge in [-0.3, -0.25) is 9.69 Å². The van der Waals surface area contributed by atoms with Gasteiger partial charge in [0.2, 0.25) is 0 Å². The molecule has 3 aromatic rings. The lowest BCUT2D eigenvalue weighted by Crippen LogP contribution is -2.35. The molecule has 0 radical (unpaired) electrons. The van der Waals surface area contributed by atoms with E-state index >= 15 is 0 Å². The van der Waals surface area contributed by atoms with Gasteiger partial charge in [-0.2, -0.15) is 0 Å². The molecule has 2 N–H and O–H groups in total. The number of fused-ring (bicyclic) bond motifs is 1. The molecule has 128 valence electrons. The highest BCUT2D eigenvalue weighted by Crippen LogP contribution is 2.21. The Labute approximate surface area is 149 Å². The van der Waals surface area contributed by atoms with E-state index in [4.69, 9.17) is 11.6 Å². The van der Waals surface area contributed by atoms with Crippen LogP contribution in [0.2, 0.25) is 5.02 Å². The first-order valence-electron chi connectivity index (χ1n) is 8.19. The zero-order valence-corrected chi connectivity index (χ0v) is 14.6. The number of rotatable bonds is 3. The fraction of sp³-hybridized carbons (Fsp3) is 0.278. The Morgan fingerprint density at radius 3 is 2.76 bits per heavy atom. The molecule has 7 heteroatoms. The molecule has 2 aromatic heterocycles. The molecule has 0 atom stereocenters. The van der Waals surface area contributed by atoms with Gasteiger partial charge in [-0.15, -0.1) is 0 Å². The summed E-state index contributed by atoms with van der Waals surface area (Å²) in [6.07, 6.45) is 2.57. The molecular weight excluding hydrogens is 338 g/mol. The Kier molecular flexibility index (Phi) is 4.15. The van der Waals surface area contributed by atoms with Crippen LogP contribution in [0.5, 0.6) is 0 Å². The molecule has 0 aliphatic carbocycles. The molecule has 1 aliphatic heterocycles. The van der Waals surface area contributed by atoms with Crippen molar-refractivity contribution in [1.82, 2.24) is 24.8 Å². The molecule has 25 heavy (non-hydrogen) atoms. The molecule has 0 saturated carbocycles. The Hall–Kier alpha value is -2.44. The van der Waals surface area contributed by atoms with Crippen molar-refractivity contribution in [3.05, 3.63) is 68.6 Å². The fourth-order valence-corrected chi connectivity index (χ4v) is 3.25. The summed E-state index contributed by atoms with van der Waals surface area (Å²) in [7, 11) is 0. The minimum Gasteiger partial charge on any atom is -0.345 e. The number of halogens is 1. The van der Waals surface area contributed by atoms with Crippen molar-refractivity contribution in [3.8, 4) is 11.4 Å². The molecule has 0 unspecified atom stereocenters. The molecule has 1 aliphatic rings. The monoisotopic (exact) mass is 355 g/mol. The van der Waals surface area contributed by atoms with Crippen LogP contribution in [0.15, 0.2) is 35.3 Å². The van der Waals surface area contributed by atoms with E-state index in [-0.39, 0.29) is 5.56 Å². The van der Waals surface area contributed by atoms with Crippen molar-refractivity contribution >= 4 is 11.6 Å². The zero-order valence-electron chi connectivity index (χ0n) is 13.8. The lowest BCUT2D eigenvalue weighted by molar-refractivity contribution is 0.236. The summed E-state index contributed by atoms with van der Waals surface area (Å²) in [5.41, 5.74) is 3.44. The molecule has 0 fully saturated rings. The van der Waals surface area contributed by atoms with Crippen LogP contribution in [0, 0.1) is 6.92 Å². The number of aryl methyl sites for hydroxylation is 1. The van der Waals surface area contributed by atoms with E-state index in [0.717, 1.165) is 41.3 Å². The standard InChI is InChI=1S/C18H18ClN5O/c1-11-8-20-16(21-11)10-24-7-6-15-14(9-24)18(25)23-17(22-15)12-2-4-13(19)5-3-12/h2-5,8H,6-7,9-10H2,1H3,(H,20,21)(H,22,23,25). The number of hydrogen-bond donors (Lipinski definition) is 2. The van der Waals surface area contributed by atoms with Crippen molar-refractivity contribution in [2.45, 2.75) is 26.4 Å². The maximum atomic E-state index is 12.6. The van der Waals surface area contributed by atoms with Crippen LogP contribution in [0.1, 0.15) is 22.8 Å². The zero-order chi connectivity index (χ0) is 17.4. The molecule has 3 heterocycles. The summed E-state index contributed by atoms with van der Waals surface area (Å²) >= 11 is 5.92. The largest absolute Gasteiger partial charge is 0.345 e. The number of aromatic amines is 2. The lowest BCUT2D eigenvalue weighted by Gasteiger charge is -2.26. The van der Waals surface area contributed by atoms with Crippen LogP contribution in [0.3, 0.4) is 0 Å². The number of aromatic nitrogens is 4. The first-order valence-corrected chi connectivity index (χ1v) is 8.57. The average Bonchev–Trinajstić information content (AvgIpc) is 3.01. The predicted octanol–water partition coefficient (Wildman–Crippen LogP) is 2.68. The second-order valence-electron chi connectivity index (χ2n) is 6.32. The van der Waals surface area contributed by atoms with Gasteiger partial charge in [0.15, 0.2) is 0 Å². The minimum absolute atomic E-state index is 0.0738. The molecule has 4 rings (SSSR count). The Morgan fingerprint density at radius 1 is 1.24 bits per heavy atom. The van der Waals surface area contributed by atoms with Crippen molar-refractivity contribution in [2.24, 2.45) is 0 Å². The number of hydrogen-bond acceptors (Lipinski definition) is 4. The van der Waals surface area contributed by atoms with Gasteiger partial charge in [-0.25, -0.2) is 9.97 Å². The van der Waals surface area contributed by atoms with E-state index in [0.29, 0.717) is 23.9 Å². The van der Waals surface area contributed by atoms with E-state index < -0.39 is 0 Å². The van der Waals surface area contributed by atoms with Gasteiger partial charge in [0.1, 0.15) is 11.6 Å². The van der Waals surface area contributed by atoms with Crippen LogP contribution >= 0.6 is 11.6 Å². The van der Waals surface area contributed by atoms with Gasteiger partial charge in [0.05, 0.1) is 17.8 Å². The smallest absolute Gasteiger partial charge is 0.255 e. The van der Waals surface area contributed by atoms with Gasteiger partial charge in [-0.1, -0.05) is 11.6 Å². The van der Waals surface area contributed by atoms with Crippen molar-refractivity contribution < 1.29 is 0 Å². The first-order chi connectivity index (χ1) is 12.1. The van der Waals surface area contributed by atoms with Crippen LogP contribution in [0.4, 0.5) is 0 Å². The normalized spacial score (nSPS) is 14.5. The van der Waals surface area contributed by atoms with E-state index in [1.165, 1.54) is 0 Å². The third-order valence-electron chi connectivity index (χ3n) is 4.39. The summed E-state index contributed by atoms with van der Waals surface area (Å²) in [6, 6.07) is 7.32. The number of imidazole rings is 1. The highest BCUT2D eigenvalue weighted by molar-refractivity contribution is 6.30. The van der Waals surface area contributed by atoms with Crippen LogP contribution in [-0.4, -0.2) is 31.4 Å². The van der Waals surface area contributed by atoms with Crippen molar-refractivity contribution in [3.63, 3.8) is 0 Å². The van der Waals surface area contributed by atoms with Gasteiger partial charge >= 0.3 is 0 Å². The number of benzene rings is 1. The topological polar surface area (TPSA) is 77.7 Å². The number of nitrogens with one attached hydrogen (secondary N) is 2. The third-order valence-corrected chi connectivity index (χ3v) is 4.65. The summed E-state index contributed by atoms with van der Waals surface area (Å²) < 4.78 is 0. The molecule has 0 bridgehead atoms. The van der Waals surface area contributed by atoms with E-state index in [2.05, 4.69) is 24.8 Å². The van der Waals surface area contributed by atoms with E-state index in [1.54, 1.807) is 12.1 Å². The molecule has 0 amide bonds. The maximum absolute atomic E-state index is 12.6. The SMILES string of the molecule is Cc1cnc(CN2CCc3nc(-c4ccc(Cl)cc4)[nH]c(=O)c3C2)[nH]1. The third kappa shape index (κ3) is 3.36. The summed E-state index contributed by atoms with van der Waals surface area (Å²) in [4.78, 5) is 29.9. The Bertz CT molecular complexity index is 960. The quantitative estimate of drug-likeness (QED) is 0.757. The molecule has 6 nitrogen and oxygen atoms in total. The Morgan fingerprint density at radius 2 is 2.04 bits per heavy atom. The van der Waals surface area contributed by atoms with Gasteiger partial charge in [-0.05, 0) is 31.2 Å². The summed E-state index contributed by atoms with van der Waals surface area (Å²) in [6.45, 7) is 4.11. The first kappa shape index (κ1) is 16.1. The highest BCUT2D eigenvalue weighted by atomic mass is 35.5. The maximum Gasteiger partial charge on any atom is 0.255 e. The predicted molar refractivity (Wildman–Crippen MR) is 96.4 cm³/mol. The summed E-state index contributed by atoms with van der Waals surface area (Å²) in [5, 5.41) is 0.660.